The maximum absolute atomic E-state index is 12.4. The van der Waals surface area contributed by atoms with Crippen molar-refractivity contribution in [2.75, 3.05) is 31.0 Å². The number of benzene rings is 2. The highest BCUT2D eigenvalue weighted by atomic mass is 32.2. The molecule has 1 aliphatic heterocycles. The lowest BCUT2D eigenvalue weighted by Gasteiger charge is -2.29. The molecule has 0 unspecified atom stereocenters. The minimum atomic E-state index is -0.251. The molecule has 0 saturated carbocycles. The quantitative estimate of drug-likeness (QED) is 0.864. The molecular formula is C16H16N2O4S. The second-order valence-electron chi connectivity index (χ2n) is 4.67. The van der Waals surface area contributed by atoms with Gasteiger partial charge in [-0.2, -0.15) is 0 Å². The fraction of sp³-hybridized carbons (Fsp3) is 0.188. The van der Waals surface area contributed by atoms with Crippen molar-refractivity contribution in [2.24, 2.45) is 0 Å². The van der Waals surface area contributed by atoms with Crippen molar-refractivity contribution in [3.05, 3.63) is 36.4 Å². The van der Waals surface area contributed by atoms with E-state index in [0.29, 0.717) is 22.9 Å². The second kappa shape index (κ2) is 6.29. The van der Waals surface area contributed by atoms with Crippen LogP contribution in [0.25, 0.3) is 0 Å². The summed E-state index contributed by atoms with van der Waals surface area (Å²) in [6, 6.07) is 10.9. The number of amides is 2. The van der Waals surface area contributed by atoms with Crippen molar-refractivity contribution in [1.82, 2.24) is 0 Å². The Morgan fingerprint density at radius 2 is 1.70 bits per heavy atom. The number of fused-ring (bicyclic) bond motifs is 1. The van der Waals surface area contributed by atoms with Crippen molar-refractivity contribution < 1.29 is 19.0 Å². The van der Waals surface area contributed by atoms with E-state index >= 15 is 0 Å². The van der Waals surface area contributed by atoms with Crippen LogP contribution in [0.1, 0.15) is 0 Å². The largest absolute Gasteiger partial charge is 0.493 e. The van der Waals surface area contributed by atoms with Gasteiger partial charge in [0.05, 0.1) is 31.9 Å². The molecule has 0 aliphatic carbocycles. The number of methoxy groups -OCH3 is 3. The smallest absolute Gasteiger partial charge is 0.337 e. The predicted molar refractivity (Wildman–Crippen MR) is 89.9 cm³/mol. The van der Waals surface area contributed by atoms with Gasteiger partial charge in [0.25, 0.3) is 0 Å². The van der Waals surface area contributed by atoms with E-state index in [4.69, 9.17) is 14.2 Å². The molecule has 0 atom stereocenters. The molecule has 120 valence electrons. The number of anilines is 2. The van der Waals surface area contributed by atoms with E-state index < -0.39 is 0 Å². The normalized spacial score (nSPS) is 13.2. The standard InChI is InChI=1S/C16H16N2O4S/c1-20-12-9-8-11(14(21-2)15(12)22-3)18-16(19)17-10-6-4-5-7-13(10)23-18/h4-9H,1-3H3,(H,17,19). The van der Waals surface area contributed by atoms with Gasteiger partial charge in [-0.15, -0.1) is 0 Å². The van der Waals surface area contributed by atoms with E-state index in [2.05, 4.69) is 5.32 Å². The third kappa shape index (κ3) is 2.63. The Morgan fingerprint density at radius 3 is 2.39 bits per heavy atom. The Hall–Kier alpha value is -2.54. The Labute approximate surface area is 138 Å². The molecule has 0 bridgehead atoms. The maximum Gasteiger partial charge on any atom is 0.337 e. The number of urea groups is 1. The lowest BCUT2D eigenvalue weighted by molar-refractivity contribution is 0.259. The molecule has 1 N–H and O–H groups in total. The van der Waals surface area contributed by atoms with Crippen molar-refractivity contribution in [3.8, 4) is 17.2 Å². The van der Waals surface area contributed by atoms with Crippen LogP contribution >= 0.6 is 11.9 Å². The van der Waals surface area contributed by atoms with Gasteiger partial charge in [0, 0.05) is 0 Å². The van der Waals surface area contributed by atoms with Crippen LogP contribution in [0.5, 0.6) is 17.2 Å². The van der Waals surface area contributed by atoms with E-state index in [9.17, 15) is 4.79 Å². The first-order valence-corrected chi connectivity index (χ1v) is 7.64. The van der Waals surface area contributed by atoms with Crippen LogP contribution in [-0.2, 0) is 0 Å². The first-order valence-electron chi connectivity index (χ1n) is 6.86. The molecule has 0 fully saturated rings. The van der Waals surface area contributed by atoms with Crippen LogP contribution in [-0.4, -0.2) is 27.4 Å². The van der Waals surface area contributed by atoms with Gasteiger partial charge in [0.2, 0.25) is 5.75 Å². The summed E-state index contributed by atoms with van der Waals surface area (Å²) >= 11 is 1.33. The molecule has 2 amide bonds. The molecule has 1 aliphatic rings. The van der Waals surface area contributed by atoms with Gasteiger partial charge in [0.1, 0.15) is 5.69 Å². The molecule has 3 rings (SSSR count). The van der Waals surface area contributed by atoms with Crippen molar-refractivity contribution in [1.29, 1.82) is 0 Å². The summed E-state index contributed by atoms with van der Waals surface area (Å²) in [5, 5.41) is 2.86. The first kappa shape index (κ1) is 15.4. The number of nitrogens with zero attached hydrogens (tertiary/aromatic N) is 1. The number of rotatable bonds is 4. The van der Waals surface area contributed by atoms with Crippen LogP contribution in [0.4, 0.5) is 16.2 Å². The van der Waals surface area contributed by atoms with E-state index in [1.54, 1.807) is 19.2 Å². The van der Waals surface area contributed by atoms with Gasteiger partial charge in [-0.05, 0) is 36.2 Å². The highest BCUT2D eigenvalue weighted by Gasteiger charge is 2.29. The van der Waals surface area contributed by atoms with Gasteiger partial charge in [-0.25, -0.2) is 9.10 Å². The van der Waals surface area contributed by atoms with Gasteiger partial charge in [-0.1, -0.05) is 12.1 Å². The topological polar surface area (TPSA) is 60.0 Å². The highest BCUT2D eigenvalue weighted by Crippen LogP contribution is 2.48. The van der Waals surface area contributed by atoms with Crippen LogP contribution in [0.15, 0.2) is 41.3 Å². The van der Waals surface area contributed by atoms with E-state index in [-0.39, 0.29) is 6.03 Å². The van der Waals surface area contributed by atoms with E-state index in [1.165, 1.54) is 30.5 Å². The third-order valence-corrected chi connectivity index (χ3v) is 4.50. The molecule has 0 radical (unpaired) electrons. The minimum Gasteiger partial charge on any atom is -0.493 e. The van der Waals surface area contributed by atoms with Crippen molar-refractivity contribution in [2.45, 2.75) is 4.90 Å². The van der Waals surface area contributed by atoms with Crippen molar-refractivity contribution in [3.63, 3.8) is 0 Å². The first-order chi connectivity index (χ1) is 11.2. The SMILES string of the molecule is COc1ccc(N2Sc3ccccc3NC2=O)c(OC)c1OC. The van der Waals surface area contributed by atoms with Gasteiger partial charge in [-0.3, -0.25) is 0 Å². The fourth-order valence-electron chi connectivity index (χ4n) is 2.36. The molecule has 2 aromatic rings. The number of hydrogen-bond acceptors (Lipinski definition) is 5. The minimum absolute atomic E-state index is 0.251. The van der Waals surface area contributed by atoms with Crippen LogP contribution in [0.2, 0.25) is 0 Å². The molecule has 0 aromatic heterocycles. The Morgan fingerprint density at radius 1 is 0.957 bits per heavy atom. The molecule has 1 heterocycles. The van der Waals surface area contributed by atoms with E-state index in [1.807, 2.05) is 24.3 Å². The third-order valence-electron chi connectivity index (χ3n) is 3.40. The zero-order valence-corrected chi connectivity index (χ0v) is 13.8. The Bertz CT molecular complexity index is 751. The fourth-order valence-corrected chi connectivity index (χ4v) is 3.28. The number of ether oxygens (including phenoxy) is 3. The van der Waals surface area contributed by atoms with Gasteiger partial charge in [0.15, 0.2) is 11.5 Å². The average molecular weight is 332 g/mol. The molecule has 0 saturated heterocycles. The lowest BCUT2D eigenvalue weighted by Crippen LogP contribution is -2.32. The highest BCUT2D eigenvalue weighted by molar-refractivity contribution is 8.01. The number of nitrogens with one attached hydrogen (secondary N) is 1. The zero-order chi connectivity index (χ0) is 16.4. The summed E-state index contributed by atoms with van der Waals surface area (Å²) in [5.74, 6) is 1.42. The second-order valence-corrected chi connectivity index (χ2v) is 5.65. The summed E-state index contributed by atoms with van der Waals surface area (Å²) in [5.41, 5.74) is 1.38. The number of para-hydroxylation sites is 1. The summed E-state index contributed by atoms with van der Waals surface area (Å²) in [6.07, 6.45) is 0. The summed E-state index contributed by atoms with van der Waals surface area (Å²) in [6.45, 7) is 0. The molecule has 0 spiro atoms. The Balaban J connectivity index is 2.07. The van der Waals surface area contributed by atoms with Gasteiger partial charge < -0.3 is 19.5 Å². The summed E-state index contributed by atoms with van der Waals surface area (Å²) < 4.78 is 17.6. The number of carbonyl (C=O) groups excluding carboxylic acids is 1. The summed E-state index contributed by atoms with van der Waals surface area (Å²) in [7, 11) is 4.61. The monoisotopic (exact) mass is 332 g/mol. The maximum atomic E-state index is 12.4. The zero-order valence-electron chi connectivity index (χ0n) is 13.0. The average Bonchev–Trinajstić information content (AvgIpc) is 2.59. The molecular weight excluding hydrogens is 316 g/mol. The van der Waals surface area contributed by atoms with Crippen LogP contribution in [0.3, 0.4) is 0 Å². The predicted octanol–water partition coefficient (Wildman–Crippen LogP) is 3.77. The number of hydrogen-bond donors (Lipinski definition) is 1. The summed E-state index contributed by atoms with van der Waals surface area (Å²) in [4.78, 5) is 13.4. The van der Waals surface area contributed by atoms with Gasteiger partial charge >= 0.3 is 6.03 Å². The van der Waals surface area contributed by atoms with Crippen LogP contribution < -0.4 is 23.8 Å². The van der Waals surface area contributed by atoms with Crippen molar-refractivity contribution >= 4 is 29.4 Å². The van der Waals surface area contributed by atoms with E-state index in [0.717, 1.165) is 10.6 Å². The van der Waals surface area contributed by atoms with Crippen LogP contribution in [0, 0.1) is 0 Å². The molecule has 23 heavy (non-hydrogen) atoms. The molecule has 6 nitrogen and oxygen atoms in total. The molecule has 2 aromatic carbocycles. The number of carbonyl (C=O) groups is 1. The Kier molecular flexibility index (Phi) is 4.20. The lowest BCUT2D eigenvalue weighted by atomic mass is 10.2. The molecule has 7 heteroatoms.